The molecule has 0 fully saturated rings. The molecule has 4 rings (SSSR count). The summed E-state index contributed by atoms with van der Waals surface area (Å²) >= 11 is 1.57. The number of aryl methyl sites for hydroxylation is 3. The van der Waals surface area contributed by atoms with E-state index >= 15 is 0 Å². The first-order valence-electron chi connectivity index (χ1n) is 9.68. The Hall–Kier alpha value is -2.99. The molecule has 2 heterocycles. The Balaban J connectivity index is 1.41. The number of nitrogens with zero attached hydrogens (tertiary/aromatic N) is 3. The van der Waals surface area contributed by atoms with Crippen LogP contribution >= 0.6 is 11.3 Å². The van der Waals surface area contributed by atoms with E-state index in [1.54, 1.807) is 29.4 Å². The average Bonchev–Trinajstić information content (AvgIpc) is 3.32. The third kappa shape index (κ3) is 4.71. The molecule has 0 aliphatic heterocycles. The molecule has 0 saturated carbocycles. The van der Waals surface area contributed by atoms with Crippen molar-refractivity contribution in [3.63, 3.8) is 0 Å². The third-order valence-corrected chi connectivity index (χ3v) is 5.71. The Morgan fingerprint density at radius 2 is 1.93 bits per heavy atom. The van der Waals surface area contributed by atoms with Gasteiger partial charge in [-0.2, -0.15) is 0 Å². The van der Waals surface area contributed by atoms with Gasteiger partial charge in [-0.15, -0.1) is 11.3 Å². The maximum Gasteiger partial charge on any atom is 0.254 e. The SMILES string of the molecule is Cc1csc(CN(C)C(=O)c2ccc3oc(CCCc4ccccc4)nc3c2)n1. The number of amides is 1. The molecular weight excluding hydrogens is 382 g/mol. The van der Waals surface area contributed by atoms with Gasteiger partial charge in [0, 0.05) is 30.1 Å². The van der Waals surface area contributed by atoms with Gasteiger partial charge in [-0.3, -0.25) is 4.79 Å². The van der Waals surface area contributed by atoms with Gasteiger partial charge in [-0.1, -0.05) is 30.3 Å². The fourth-order valence-corrected chi connectivity index (χ4v) is 4.10. The van der Waals surface area contributed by atoms with Crippen LogP contribution in [0.25, 0.3) is 11.1 Å². The molecule has 0 unspecified atom stereocenters. The number of benzene rings is 2. The summed E-state index contributed by atoms with van der Waals surface area (Å²) in [5.41, 5.74) is 4.35. The Morgan fingerprint density at radius 1 is 1.10 bits per heavy atom. The summed E-state index contributed by atoms with van der Waals surface area (Å²) in [5, 5.41) is 2.93. The Kier molecular flexibility index (Phi) is 5.71. The highest BCUT2D eigenvalue weighted by molar-refractivity contribution is 7.09. The summed E-state index contributed by atoms with van der Waals surface area (Å²) in [6, 6.07) is 15.8. The largest absolute Gasteiger partial charge is 0.441 e. The van der Waals surface area contributed by atoms with Crippen LogP contribution in [0.5, 0.6) is 0 Å². The van der Waals surface area contributed by atoms with E-state index in [1.165, 1.54) is 5.56 Å². The van der Waals surface area contributed by atoms with Crippen LogP contribution in [0.2, 0.25) is 0 Å². The molecule has 6 heteroatoms. The van der Waals surface area contributed by atoms with Crippen molar-refractivity contribution < 1.29 is 9.21 Å². The third-order valence-electron chi connectivity index (χ3n) is 4.76. The molecule has 0 atom stereocenters. The van der Waals surface area contributed by atoms with Crippen LogP contribution in [-0.2, 0) is 19.4 Å². The zero-order valence-electron chi connectivity index (χ0n) is 16.6. The van der Waals surface area contributed by atoms with E-state index in [4.69, 9.17) is 4.42 Å². The highest BCUT2D eigenvalue weighted by atomic mass is 32.1. The predicted molar refractivity (Wildman–Crippen MR) is 115 cm³/mol. The number of rotatable bonds is 7. The summed E-state index contributed by atoms with van der Waals surface area (Å²) in [6.07, 6.45) is 2.74. The first-order valence-corrected chi connectivity index (χ1v) is 10.6. The molecular formula is C23H23N3O2S. The van der Waals surface area contributed by atoms with E-state index in [9.17, 15) is 4.79 Å². The number of aromatic nitrogens is 2. The highest BCUT2D eigenvalue weighted by Gasteiger charge is 2.16. The van der Waals surface area contributed by atoms with Crippen molar-refractivity contribution >= 4 is 28.3 Å². The molecule has 5 nitrogen and oxygen atoms in total. The van der Waals surface area contributed by atoms with E-state index in [0.29, 0.717) is 18.0 Å². The van der Waals surface area contributed by atoms with Crippen LogP contribution in [0.15, 0.2) is 58.3 Å². The van der Waals surface area contributed by atoms with Crippen molar-refractivity contribution in [2.24, 2.45) is 0 Å². The maximum atomic E-state index is 12.8. The minimum atomic E-state index is -0.0478. The van der Waals surface area contributed by atoms with Gasteiger partial charge < -0.3 is 9.32 Å². The van der Waals surface area contributed by atoms with E-state index in [1.807, 2.05) is 30.5 Å². The lowest BCUT2D eigenvalue weighted by Crippen LogP contribution is -2.26. The second kappa shape index (κ2) is 8.57. The van der Waals surface area contributed by atoms with Gasteiger partial charge in [0.15, 0.2) is 11.5 Å². The summed E-state index contributed by atoms with van der Waals surface area (Å²) in [7, 11) is 1.79. The normalized spacial score (nSPS) is 11.1. The Labute approximate surface area is 174 Å². The van der Waals surface area contributed by atoms with Crippen molar-refractivity contribution in [2.45, 2.75) is 32.7 Å². The van der Waals surface area contributed by atoms with Crippen molar-refractivity contribution in [2.75, 3.05) is 7.05 Å². The summed E-state index contributed by atoms with van der Waals surface area (Å²) in [6.45, 7) is 2.46. The quantitative estimate of drug-likeness (QED) is 0.432. The van der Waals surface area contributed by atoms with Gasteiger partial charge in [0.1, 0.15) is 10.5 Å². The highest BCUT2D eigenvalue weighted by Crippen LogP contribution is 2.20. The molecule has 0 bridgehead atoms. The number of carbonyl (C=O) groups is 1. The molecule has 2 aromatic heterocycles. The molecule has 29 heavy (non-hydrogen) atoms. The van der Waals surface area contributed by atoms with Gasteiger partial charge >= 0.3 is 0 Å². The van der Waals surface area contributed by atoms with E-state index < -0.39 is 0 Å². The second-order valence-electron chi connectivity index (χ2n) is 7.17. The monoisotopic (exact) mass is 405 g/mol. The number of carbonyl (C=O) groups excluding carboxylic acids is 1. The molecule has 0 N–H and O–H groups in total. The first kappa shape index (κ1) is 19.3. The smallest absolute Gasteiger partial charge is 0.254 e. The number of hydrogen-bond acceptors (Lipinski definition) is 5. The van der Waals surface area contributed by atoms with Crippen LogP contribution in [0.1, 0.15) is 38.9 Å². The molecule has 4 aromatic rings. The summed E-state index contributed by atoms with van der Waals surface area (Å²) in [4.78, 5) is 23.5. The minimum absolute atomic E-state index is 0.0478. The molecule has 0 aliphatic carbocycles. The predicted octanol–water partition coefficient (Wildman–Crippen LogP) is 5.04. The molecule has 2 aromatic carbocycles. The lowest BCUT2D eigenvalue weighted by molar-refractivity contribution is 0.0785. The van der Waals surface area contributed by atoms with Crippen LogP contribution in [-0.4, -0.2) is 27.8 Å². The maximum absolute atomic E-state index is 12.8. The van der Waals surface area contributed by atoms with Gasteiger partial charge in [0.05, 0.1) is 6.54 Å². The standard InChI is InChI=1S/C23H23N3O2S/c1-16-15-29-22(24-16)14-26(2)23(27)18-11-12-20-19(13-18)25-21(28-20)10-6-9-17-7-4-3-5-8-17/h3-5,7-8,11-13,15H,6,9-10,14H2,1-2H3. The summed E-state index contributed by atoms with van der Waals surface area (Å²) in [5.74, 6) is 0.667. The number of oxazole rings is 1. The lowest BCUT2D eigenvalue weighted by atomic mass is 10.1. The molecule has 0 spiro atoms. The molecule has 0 saturated heterocycles. The molecule has 1 amide bonds. The van der Waals surface area contributed by atoms with Gasteiger partial charge in [0.25, 0.3) is 5.91 Å². The average molecular weight is 406 g/mol. The van der Waals surface area contributed by atoms with Crippen LogP contribution < -0.4 is 0 Å². The van der Waals surface area contributed by atoms with Gasteiger partial charge in [-0.25, -0.2) is 9.97 Å². The zero-order chi connectivity index (χ0) is 20.2. The van der Waals surface area contributed by atoms with Crippen molar-refractivity contribution in [1.29, 1.82) is 0 Å². The number of thiazole rings is 1. The number of fused-ring (bicyclic) bond motifs is 1. The molecule has 0 aliphatic rings. The minimum Gasteiger partial charge on any atom is -0.441 e. The van der Waals surface area contributed by atoms with Gasteiger partial charge in [-0.05, 0) is 43.5 Å². The van der Waals surface area contributed by atoms with E-state index in [0.717, 1.165) is 41.1 Å². The van der Waals surface area contributed by atoms with Crippen LogP contribution in [0, 0.1) is 6.92 Å². The van der Waals surface area contributed by atoms with Crippen molar-refractivity contribution in [1.82, 2.24) is 14.9 Å². The number of hydrogen-bond donors (Lipinski definition) is 0. The second-order valence-corrected chi connectivity index (χ2v) is 8.12. The fourth-order valence-electron chi connectivity index (χ4n) is 3.27. The van der Waals surface area contributed by atoms with Crippen LogP contribution in [0.3, 0.4) is 0 Å². The first-order chi connectivity index (χ1) is 14.1. The molecule has 148 valence electrons. The summed E-state index contributed by atoms with van der Waals surface area (Å²) < 4.78 is 5.86. The fraction of sp³-hybridized carbons (Fsp3) is 0.261. The molecule has 0 radical (unpaired) electrons. The van der Waals surface area contributed by atoms with E-state index in [2.05, 4.69) is 34.2 Å². The lowest BCUT2D eigenvalue weighted by Gasteiger charge is -2.15. The van der Waals surface area contributed by atoms with E-state index in [-0.39, 0.29) is 5.91 Å². The zero-order valence-corrected chi connectivity index (χ0v) is 17.4. The Bertz CT molecular complexity index is 1120. The van der Waals surface area contributed by atoms with Gasteiger partial charge in [0.2, 0.25) is 0 Å². The topological polar surface area (TPSA) is 59.2 Å². The van der Waals surface area contributed by atoms with Crippen molar-refractivity contribution in [3.8, 4) is 0 Å². The van der Waals surface area contributed by atoms with Crippen LogP contribution in [0.4, 0.5) is 0 Å². The Morgan fingerprint density at radius 3 is 2.69 bits per heavy atom. The van der Waals surface area contributed by atoms with Crippen molar-refractivity contribution in [3.05, 3.63) is 81.6 Å².